The summed E-state index contributed by atoms with van der Waals surface area (Å²) in [5, 5.41) is 23.9. The lowest BCUT2D eigenvalue weighted by Gasteiger charge is -1.98. The van der Waals surface area contributed by atoms with Crippen LogP contribution in [-0.2, 0) is 11.3 Å². The van der Waals surface area contributed by atoms with Crippen molar-refractivity contribution in [1.82, 2.24) is 14.8 Å². The Balaban J connectivity index is 2.77. The van der Waals surface area contributed by atoms with Gasteiger partial charge in [0, 0.05) is 24.4 Å². The molecule has 0 fully saturated rings. The molecule has 0 saturated heterocycles. The minimum atomic E-state index is -1.23. The second-order valence-electron chi connectivity index (χ2n) is 2.56. The van der Waals surface area contributed by atoms with Crippen molar-refractivity contribution >= 4 is 11.9 Å². The third-order valence-corrected chi connectivity index (χ3v) is 1.54. The molecule has 14 heavy (non-hydrogen) atoms. The molecule has 0 atom stereocenters. The van der Waals surface area contributed by atoms with Gasteiger partial charge in [0.25, 0.3) is 0 Å². The lowest BCUT2D eigenvalue weighted by atomic mass is 10.4. The van der Waals surface area contributed by atoms with Gasteiger partial charge in [0.1, 0.15) is 0 Å². The van der Waals surface area contributed by atoms with Crippen molar-refractivity contribution in [1.29, 1.82) is 0 Å². The van der Waals surface area contributed by atoms with Crippen LogP contribution in [0.3, 0.4) is 0 Å². The van der Waals surface area contributed by atoms with Crippen molar-refractivity contribution in [3.63, 3.8) is 0 Å². The van der Waals surface area contributed by atoms with Crippen molar-refractivity contribution in [2.45, 2.75) is 19.9 Å². The van der Waals surface area contributed by atoms with Crippen molar-refractivity contribution < 1.29 is 14.8 Å². The van der Waals surface area contributed by atoms with Crippen molar-refractivity contribution in [3.05, 3.63) is 15.9 Å². The van der Waals surface area contributed by atoms with Gasteiger partial charge < -0.3 is 20.0 Å². The summed E-state index contributed by atoms with van der Waals surface area (Å²) in [6.07, 6.45) is -0.249. The number of carboxylic acid groups (broad SMARTS) is 1. The Morgan fingerprint density at radius 1 is 1.64 bits per heavy atom. The summed E-state index contributed by atoms with van der Waals surface area (Å²) in [4.78, 5) is 23.2. The zero-order chi connectivity index (χ0) is 10.7. The monoisotopic (exact) mass is 199 g/mol. The van der Waals surface area contributed by atoms with Crippen LogP contribution < -0.4 is 5.11 Å². The zero-order valence-electron chi connectivity index (χ0n) is 7.34. The van der Waals surface area contributed by atoms with Crippen molar-refractivity contribution in [3.8, 4) is 0 Å². The molecule has 0 aliphatic carbocycles. The predicted octanol–water partition coefficient (Wildman–Crippen LogP) is -1.37. The summed E-state index contributed by atoms with van der Waals surface area (Å²) in [6, 6.07) is 0. The average Bonchev–Trinajstić information content (AvgIpc) is 2.43. The molecule has 76 valence electrons. The topological polar surface area (TPSA) is 114 Å². The number of carboxylic acids is 1. The highest BCUT2D eigenvalue weighted by Crippen LogP contribution is 2.05. The average molecular weight is 199 g/mol. The number of carbonyl (C=O) groups excluding carboxylic acids is 1. The van der Waals surface area contributed by atoms with E-state index in [2.05, 4.69) is 10.1 Å². The fraction of sp³-hybridized carbons (Fsp3) is 0.500. The second kappa shape index (κ2) is 3.81. The van der Waals surface area contributed by atoms with Gasteiger partial charge in [-0.15, -0.1) is 0 Å². The number of aromatic nitrogens is 3. The van der Waals surface area contributed by atoms with Crippen LogP contribution in [0.15, 0.2) is 0 Å². The summed E-state index contributed by atoms with van der Waals surface area (Å²) in [6.45, 7) is 1.53. The Morgan fingerprint density at radius 2 is 2.29 bits per heavy atom. The summed E-state index contributed by atoms with van der Waals surface area (Å²) in [5.74, 6) is -1.46. The van der Waals surface area contributed by atoms with Crippen LogP contribution >= 0.6 is 0 Å². The molecule has 0 aliphatic rings. The fourth-order valence-corrected chi connectivity index (χ4v) is 0.891. The van der Waals surface area contributed by atoms with Gasteiger partial charge in [0.15, 0.2) is 0 Å². The molecule has 0 unspecified atom stereocenters. The molecule has 0 bridgehead atoms. The van der Waals surface area contributed by atoms with Crippen molar-refractivity contribution in [2.24, 2.45) is 0 Å². The summed E-state index contributed by atoms with van der Waals surface area (Å²) in [5.41, 5.74) is 0. The Morgan fingerprint density at radius 3 is 2.71 bits per heavy atom. The molecule has 0 N–H and O–H groups in total. The third-order valence-electron chi connectivity index (χ3n) is 1.54. The van der Waals surface area contributed by atoms with Gasteiger partial charge in [-0.1, -0.05) is 0 Å². The highest BCUT2D eigenvalue weighted by molar-refractivity contribution is 5.63. The minimum absolute atomic E-state index is 0.0228. The number of carbonyl (C=O) groups is 1. The fourth-order valence-electron chi connectivity index (χ4n) is 0.891. The smallest absolute Gasteiger partial charge is 0.491 e. The van der Waals surface area contributed by atoms with Crippen LogP contribution in [-0.4, -0.2) is 25.7 Å². The summed E-state index contributed by atoms with van der Waals surface area (Å²) < 4.78 is 1.16. The quantitative estimate of drug-likeness (QED) is 0.436. The van der Waals surface area contributed by atoms with Crippen LogP contribution in [0.1, 0.15) is 12.2 Å². The number of hydrogen-bond acceptors (Lipinski definition) is 6. The molecule has 1 aromatic rings. The Labute approximate surface area is 78.3 Å². The number of aryl methyl sites for hydroxylation is 2. The molecule has 0 spiro atoms. The standard InChI is InChI=1S/C6H8N4O4/c1-4-7-6(10(13)14)8-9(4)3-2-5(11)12/h2-3H2,1H3,(H,11,12)/p-1. The van der Waals surface area contributed by atoms with E-state index in [1.165, 1.54) is 6.92 Å². The lowest BCUT2D eigenvalue weighted by molar-refractivity contribution is -0.394. The molecule has 0 aliphatic heterocycles. The highest BCUT2D eigenvalue weighted by Gasteiger charge is 2.17. The number of aliphatic carboxylic acids is 1. The van der Waals surface area contributed by atoms with E-state index in [9.17, 15) is 20.0 Å². The molecule has 8 heteroatoms. The molecule has 0 radical (unpaired) electrons. The Bertz CT molecular complexity index is 372. The maximum atomic E-state index is 10.2. The first-order chi connectivity index (χ1) is 6.50. The van der Waals surface area contributed by atoms with Crippen molar-refractivity contribution in [2.75, 3.05) is 0 Å². The number of rotatable bonds is 4. The number of nitrogens with zero attached hydrogens (tertiary/aromatic N) is 4. The first-order valence-corrected chi connectivity index (χ1v) is 3.76. The Hall–Kier alpha value is -1.99. The lowest BCUT2D eigenvalue weighted by Crippen LogP contribution is -2.24. The maximum Gasteiger partial charge on any atom is 0.491 e. The molecular formula is C6H7N4O4-. The van der Waals surface area contributed by atoms with Gasteiger partial charge in [0.2, 0.25) is 5.82 Å². The van der Waals surface area contributed by atoms with E-state index >= 15 is 0 Å². The van der Waals surface area contributed by atoms with E-state index in [1.54, 1.807) is 0 Å². The van der Waals surface area contributed by atoms with E-state index in [1.807, 2.05) is 0 Å². The molecular weight excluding hydrogens is 192 g/mol. The SMILES string of the molecule is Cc1nc([N+](=O)[O-])nn1CCC(=O)[O-]. The molecule has 0 amide bonds. The Kier molecular flexibility index (Phi) is 2.75. The predicted molar refractivity (Wildman–Crippen MR) is 41.0 cm³/mol. The first-order valence-electron chi connectivity index (χ1n) is 3.76. The highest BCUT2D eigenvalue weighted by atomic mass is 16.6. The largest absolute Gasteiger partial charge is 0.550 e. The minimum Gasteiger partial charge on any atom is -0.550 e. The van der Waals surface area contributed by atoms with Crippen LogP contribution in [0.4, 0.5) is 5.95 Å². The van der Waals surface area contributed by atoms with E-state index in [0.717, 1.165) is 4.68 Å². The van der Waals surface area contributed by atoms with Crippen LogP contribution in [0.2, 0.25) is 0 Å². The number of nitro groups is 1. The molecule has 1 heterocycles. The van der Waals surface area contributed by atoms with Crippen LogP contribution in [0.5, 0.6) is 0 Å². The normalized spacial score (nSPS) is 10.1. The molecule has 8 nitrogen and oxygen atoms in total. The number of hydrogen-bond donors (Lipinski definition) is 0. The first kappa shape index (κ1) is 10.1. The van der Waals surface area contributed by atoms with Gasteiger partial charge in [0.05, 0.1) is 6.54 Å². The van der Waals surface area contributed by atoms with E-state index < -0.39 is 16.8 Å². The maximum absolute atomic E-state index is 10.2. The zero-order valence-corrected chi connectivity index (χ0v) is 7.34. The van der Waals surface area contributed by atoms with Gasteiger partial charge in [-0.25, -0.2) is 0 Å². The van der Waals surface area contributed by atoms with E-state index in [-0.39, 0.29) is 13.0 Å². The molecule has 1 aromatic heterocycles. The van der Waals surface area contributed by atoms with E-state index in [0.29, 0.717) is 5.82 Å². The van der Waals surface area contributed by atoms with Crippen LogP contribution in [0, 0.1) is 17.0 Å². The molecule has 0 aromatic carbocycles. The van der Waals surface area contributed by atoms with E-state index in [4.69, 9.17) is 0 Å². The second-order valence-corrected chi connectivity index (χ2v) is 2.56. The molecule has 0 saturated carbocycles. The van der Waals surface area contributed by atoms with Gasteiger partial charge in [-0.3, -0.25) is 0 Å². The summed E-state index contributed by atoms with van der Waals surface area (Å²) in [7, 11) is 0. The third kappa shape index (κ3) is 2.25. The summed E-state index contributed by atoms with van der Waals surface area (Å²) >= 11 is 0. The van der Waals surface area contributed by atoms with Gasteiger partial charge >= 0.3 is 5.95 Å². The van der Waals surface area contributed by atoms with Crippen LogP contribution in [0.25, 0.3) is 0 Å². The van der Waals surface area contributed by atoms with Gasteiger partial charge in [-0.05, 0) is 9.91 Å². The van der Waals surface area contributed by atoms with Gasteiger partial charge in [-0.2, -0.15) is 4.68 Å². The molecule has 1 rings (SSSR count).